The molecule has 0 aromatic heterocycles. The van der Waals surface area contributed by atoms with Crippen LogP contribution in [0.15, 0.2) is 18.2 Å². The molecule has 1 aromatic carbocycles. The molecule has 0 bridgehead atoms. The van der Waals surface area contributed by atoms with E-state index >= 15 is 0 Å². The molecule has 6 heteroatoms. The predicted molar refractivity (Wildman–Crippen MR) is 61.1 cm³/mol. The van der Waals surface area contributed by atoms with Gasteiger partial charge < -0.3 is 10.1 Å². The van der Waals surface area contributed by atoms with Gasteiger partial charge in [0.1, 0.15) is 5.75 Å². The second-order valence-electron chi connectivity index (χ2n) is 2.67. The van der Waals surface area contributed by atoms with Crippen LogP contribution in [-0.4, -0.2) is 18.6 Å². The summed E-state index contributed by atoms with van der Waals surface area (Å²) < 4.78 is 5.02. The molecular weight excluding hydrogens is 220 g/mol. The van der Waals surface area contributed by atoms with E-state index in [1.807, 2.05) is 6.92 Å². The first-order valence-electron chi connectivity index (χ1n) is 4.25. The van der Waals surface area contributed by atoms with Crippen molar-refractivity contribution in [2.24, 2.45) is 0 Å². The summed E-state index contributed by atoms with van der Waals surface area (Å²) in [6, 6.07) is 4.49. The van der Waals surface area contributed by atoms with Crippen molar-refractivity contribution < 1.29 is 9.66 Å². The maximum Gasteiger partial charge on any atom is 0.273 e. The van der Waals surface area contributed by atoms with Crippen molar-refractivity contribution in [1.29, 1.82) is 0 Å². The number of hydrogen-bond donors (Lipinski definition) is 1. The molecule has 0 unspecified atom stereocenters. The van der Waals surface area contributed by atoms with Gasteiger partial charge in [-0.2, -0.15) is 0 Å². The highest BCUT2D eigenvalue weighted by molar-refractivity contribution is 5.85. The first kappa shape index (κ1) is 13.5. The Balaban J connectivity index is 0.00000196. The van der Waals surface area contributed by atoms with Gasteiger partial charge in [-0.3, -0.25) is 10.1 Å². The Hall–Kier alpha value is -1.49. The van der Waals surface area contributed by atoms with Crippen molar-refractivity contribution in [3.63, 3.8) is 0 Å². The van der Waals surface area contributed by atoms with E-state index in [-0.39, 0.29) is 18.1 Å². The molecule has 0 radical (unpaired) electrons. The van der Waals surface area contributed by atoms with Crippen LogP contribution in [0.5, 0.6) is 5.75 Å². The Kier molecular flexibility index (Phi) is 5.48. The van der Waals surface area contributed by atoms with Crippen LogP contribution in [-0.2, 0) is 0 Å². The fraction of sp³-hybridized carbons (Fsp3) is 0.333. The van der Waals surface area contributed by atoms with Gasteiger partial charge >= 0.3 is 0 Å². The molecule has 0 aliphatic carbocycles. The lowest BCUT2D eigenvalue weighted by atomic mass is 10.2. The fourth-order valence-electron chi connectivity index (χ4n) is 1.13. The van der Waals surface area contributed by atoms with E-state index in [9.17, 15) is 10.1 Å². The average molecular weight is 233 g/mol. The summed E-state index contributed by atoms with van der Waals surface area (Å²) in [5.41, 5.74) is 0.795. The molecule has 0 atom stereocenters. The zero-order chi connectivity index (χ0) is 10.6. The largest absolute Gasteiger partial charge is 0.494 e. The number of halogens is 1. The molecule has 84 valence electrons. The minimum Gasteiger partial charge on any atom is -0.494 e. The molecule has 0 fully saturated rings. The van der Waals surface area contributed by atoms with Crippen LogP contribution in [0.2, 0.25) is 0 Å². The lowest BCUT2D eigenvalue weighted by Gasteiger charge is -2.08. The van der Waals surface area contributed by atoms with Crippen LogP contribution in [0.25, 0.3) is 0 Å². The molecular formula is C9H13ClN2O3. The van der Waals surface area contributed by atoms with Gasteiger partial charge in [-0.25, -0.2) is 0 Å². The van der Waals surface area contributed by atoms with Gasteiger partial charge in [0.2, 0.25) is 0 Å². The predicted octanol–water partition coefficient (Wildman–Crippen LogP) is 2.46. The van der Waals surface area contributed by atoms with Crippen molar-refractivity contribution in [1.82, 2.24) is 0 Å². The van der Waals surface area contributed by atoms with Gasteiger partial charge in [-0.05, 0) is 13.0 Å². The SMILES string of the molecule is CCNc1ccc([N+](=O)[O-])cc1OC.Cl. The quantitative estimate of drug-likeness (QED) is 0.640. The number of anilines is 1. The fourth-order valence-corrected chi connectivity index (χ4v) is 1.13. The topological polar surface area (TPSA) is 64.4 Å². The van der Waals surface area contributed by atoms with E-state index < -0.39 is 4.92 Å². The molecule has 0 saturated heterocycles. The van der Waals surface area contributed by atoms with E-state index in [1.165, 1.54) is 19.2 Å². The molecule has 0 aliphatic rings. The lowest BCUT2D eigenvalue weighted by Crippen LogP contribution is -2.00. The first-order valence-corrected chi connectivity index (χ1v) is 4.25. The lowest BCUT2D eigenvalue weighted by molar-refractivity contribution is -0.384. The number of hydrogen-bond acceptors (Lipinski definition) is 4. The van der Waals surface area contributed by atoms with Crippen LogP contribution < -0.4 is 10.1 Å². The zero-order valence-electron chi connectivity index (χ0n) is 8.52. The Labute approximate surface area is 94.0 Å². The molecule has 1 N–H and O–H groups in total. The van der Waals surface area contributed by atoms with Crippen molar-refractivity contribution in [3.05, 3.63) is 28.3 Å². The molecule has 0 saturated carbocycles. The number of nitro groups is 1. The van der Waals surface area contributed by atoms with Crippen LogP contribution in [0, 0.1) is 10.1 Å². The third-order valence-corrected chi connectivity index (χ3v) is 1.76. The number of methoxy groups -OCH3 is 1. The van der Waals surface area contributed by atoms with E-state index in [4.69, 9.17) is 4.74 Å². The van der Waals surface area contributed by atoms with E-state index in [2.05, 4.69) is 5.32 Å². The standard InChI is InChI=1S/C9H12N2O3.ClH/c1-3-10-8-5-4-7(11(12)13)6-9(8)14-2;/h4-6,10H,3H2,1-2H3;1H. The van der Waals surface area contributed by atoms with Crippen LogP contribution in [0.3, 0.4) is 0 Å². The van der Waals surface area contributed by atoms with E-state index in [0.717, 1.165) is 12.2 Å². The minimum absolute atomic E-state index is 0. The second kappa shape index (κ2) is 6.08. The second-order valence-corrected chi connectivity index (χ2v) is 2.67. The van der Waals surface area contributed by atoms with Crippen LogP contribution >= 0.6 is 12.4 Å². The van der Waals surface area contributed by atoms with E-state index in [0.29, 0.717) is 5.75 Å². The van der Waals surface area contributed by atoms with Crippen LogP contribution in [0.4, 0.5) is 11.4 Å². The summed E-state index contributed by atoms with van der Waals surface area (Å²) in [5, 5.41) is 13.5. The number of nitro benzene ring substituents is 1. The van der Waals surface area contributed by atoms with Gasteiger partial charge in [-0.15, -0.1) is 12.4 Å². The molecule has 0 heterocycles. The third-order valence-electron chi connectivity index (χ3n) is 1.76. The Morgan fingerprint density at radius 3 is 2.67 bits per heavy atom. The van der Waals surface area contributed by atoms with Gasteiger partial charge in [-0.1, -0.05) is 0 Å². The molecule has 1 rings (SSSR count). The summed E-state index contributed by atoms with van der Waals surface area (Å²) in [4.78, 5) is 10.0. The van der Waals surface area contributed by atoms with Crippen molar-refractivity contribution in [2.75, 3.05) is 19.0 Å². The Bertz CT molecular complexity index is 344. The molecule has 5 nitrogen and oxygen atoms in total. The number of ether oxygens (including phenoxy) is 1. The number of benzene rings is 1. The number of nitrogens with one attached hydrogen (secondary N) is 1. The van der Waals surface area contributed by atoms with Gasteiger partial charge in [0.15, 0.2) is 0 Å². The highest BCUT2D eigenvalue weighted by Gasteiger charge is 2.10. The van der Waals surface area contributed by atoms with Gasteiger partial charge in [0.25, 0.3) is 5.69 Å². The summed E-state index contributed by atoms with van der Waals surface area (Å²) >= 11 is 0. The first-order chi connectivity index (χ1) is 6.69. The third kappa shape index (κ3) is 3.28. The molecule has 0 amide bonds. The van der Waals surface area contributed by atoms with Crippen molar-refractivity contribution in [3.8, 4) is 5.75 Å². The number of nitrogens with zero attached hydrogens (tertiary/aromatic N) is 1. The van der Waals surface area contributed by atoms with Gasteiger partial charge in [0.05, 0.1) is 23.8 Å². The van der Waals surface area contributed by atoms with Gasteiger partial charge in [0, 0.05) is 12.6 Å². The average Bonchev–Trinajstić information content (AvgIpc) is 2.18. The monoisotopic (exact) mass is 232 g/mol. The summed E-state index contributed by atoms with van der Waals surface area (Å²) in [5.74, 6) is 0.487. The maximum atomic E-state index is 10.5. The molecule has 1 aromatic rings. The van der Waals surface area contributed by atoms with Crippen LogP contribution in [0.1, 0.15) is 6.92 Å². The highest BCUT2D eigenvalue weighted by atomic mass is 35.5. The smallest absolute Gasteiger partial charge is 0.273 e. The minimum atomic E-state index is -0.446. The summed E-state index contributed by atoms with van der Waals surface area (Å²) in [7, 11) is 1.49. The number of non-ortho nitro benzene ring substituents is 1. The molecule has 0 spiro atoms. The van der Waals surface area contributed by atoms with Crippen molar-refractivity contribution >= 4 is 23.8 Å². The molecule has 15 heavy (non-hydrogen) atoms. The number of rotatable bonds is 4. The molecule has 0 aliphatic heterocycles. The zero-order valence-corrected chi connectivity index (χ0v) is 9.34. The summed E-state index contributed by atoms with van der Waals surface area (Å²) in [6.07, 6.45) is 0. The van der Waals surface area contributed by atoms with E-state index in [1.54, 1.807) is 6.07 Å². The van der Waals surface area contributed by atoms with Crippen molar-refractivity contribution in [2.45, 2.75) is 6.92 Å². The Morgan fingerprint density at radius 2 is 2.20 bits per heavy atom. The highest BCUT2D eigenvalue weighted by Crippen LogP contribution is 2.28. The normalized spacial score (nSPS) is 8.93. The maximum absolute atomic E-state index is 10.5. The Morgan fingerprint density at radius 1 is 1.53 bits per heavy atom. The summed E-state index contributed by atoms with van der Waals surface area (Å²) in [6.45, 7) is 2.69.